The zero-order valence-corrected chi connectivity index (χ0v) is 15.6. The van der Waals surface area contributed by atoms with E-state index >= 15 is 0 Å². The fraction of sp³-hybridized carbons (Fsp3) is 0.105. The average molecular weight is 381 g/mol. The van der Waals surface area contributed by atoms with Gasteiger partial charge in [-0.05, 0) is 30.5 Å². The van der Waals surface area contributed by atoms with Crippen LogP contribution in [0.15, 0.2) is 64.5 Å². The summed E-state index contributed by atoms with van der Waals surface area (Å²) in [5, 5.41) is 3.80. The van der Waals surface area contributed by atoms with Crippen molar-refractivity contribution in [3.8, 4) is 0 Å². The van der Waals surface area contributed by atoms with Crippen molar-refractivity contribution in [3.05, 3.63) is 65.2 Å². The molecule has 2 heterocycles. The van der Waals surface area contributed by atoms with E-state index in [-0.39, 0.29) is 18.0 Å². The van der Waals surface area contributed by atoms with E-state index < -0.39 is 0 Å². The predicted molar refractivity (Wildman–Crippen MR) is 108 cm³/mol. The molecule has 0 aliphatic carbocycles. The molecule has 0 atom stereocenters. The Morgan fingerprint density at radius 1 is 1.23 bits per heavy atom. The lowest BCUT2D eigenvalue weighted by atomic mass is 10.2. The summed E-state index contributed by atoms with van der Waals surface area (Å²) in [5.41, 5.74) is 1.22. The monoisotopic (exact) mass is 381 g/mol. The average Bonchev–Trinajstić information content (AvgIpc) is 3.04. The van der Waals surface area contributed by atoms with Gasteiger partial charge in [0.15, 0.2) is 0 Å². The van der Waals surface area contributed by atoms with Crippen LogP contribution in [0.3, 0.4) is 0 Å². The Bertz CT molecular complexity index is 1180. The van der Waals surface area contributed by atoms with Crippen LogP contribution >= 0.6 is 23.1 Å². The molecule has 7 heteroatoms. The Kier molecular flexibility index (Phi) is 4.48. The number of hydrogen-bond donors (Lipinski definition) is 1. The molecule has 26 heavy (non-hydrogen) atoms. The summed E-state index contributed by atoms with van der Waals surface area (Å²) in [6.07, 6.45) is 3.42. The standard InChI is InChI=1S/C19H15N3O2S2/c1-25-13-6-4-5-12(9-13)21-16(23)10-22-11-20-17-14-7-2-3-8-15(14)26-18(17)19(22)24/h2-9,11H,10H2,1H3,(H,21,23). The molecule has 0 spiro atoms. The SMILES string of the molecule is CSc1cccc(NC(=O)Cn2cnc3c(sc4ccccc43)c2=O)c1. The molecule has 4 aromatic rings. The van der Waals surface area contributed by atoms with Gasteiger partial charge >= 0.3 is 0 Å². The normalized spacial score (nSPS) is 11.1. The van der Waals surface area contributed by atoms with Crippen molar-refractivity contribution in [2.24, 2.45) is 0 Å². The number of thiophene rings is 1. The van der Waals surface area contributed by atoms with Crippen molar-refractivity contribution in [2.75, 3.05) is 11.6 Å². The fourth-order valence-corrected chi connectivity index (χ4v) is 4.35. The second-order valence-electron chi connectivity index (χ2n) is 5.73. The molecule has 0 saturated carbocycles. The molecule has 0 unspecified atom stereocenters. The summed E-state index contributed by atoms with van der Waals surface area (Å²) >= 11 is 3.01. The summed E-state index contributed by atoms with van der Waals surface area (Å²) in [7, 11) is 0. The second-order valence-corrected chi connectivity index (χ2v) is 7.67. The van der Waals surface area contributed by atoms with Gasteiger partial charge in [-0.2, -0.15) is 0 Å². The Morgan fingerprint density at radius 2 is 2.08 bits per heavy atom. The zero-order chi connectivity index (χ0) is 18.1. The quantitative estimate of drug-likeness (QED) is 0.543. The molecule has 4 rings (SSSR count). The summed E-state index contributed by atoms with van der Waals surface area (Å²) in [5.74, 6) is -0.257. The molecule has 1 amide bonds. The van der Waals surface area contributed by atoms with Crippen LogP contribution in [0.5, 0.6) is 0 Å². The van der Waals surface area contributed by atoms with E-state index in [1.54, 1.807) is 11.8 Å². The van der Waals surface area contributed by atoms with Gasteiger partial charge < -0.3 is 5.32 Å². The van der Waals surface area contributed by atoms with Gasteiger partial charge in [-0.25, -0.2) is 4.98 Å². The van der Waals surface area contributed by atoms with E-state index in [0.29, 0.717) is 15.9 Å². The molecule has 130 valence electrons. The minimum absolute atomic E-state index is 0.0699. The number of hydrogen-bond acceptors (Lipinski definition) is 5. The Balaban J connectivity index is 1.62. The number of anilines is 1. The summed E-state index contributed by atoms with van der Waals surface area (Å²) in [6, 6.07) is 15.4. The molecule has 0 bridgehead atoms. The molecule has 0 saturated heterocycles. The van der Waals surface area contributed by atoms with Crippen molar-refractivity contribution in [3.63, 3.8) is 0 Å². The van der Waals surface area contributed by atoms with Gasteiger partial charge in [0.25, 0.3) is 5.56 Å². The fourth-order valence-electron chi connectivity index (χ4n) is 2.78. The summed E-state index contributed by atoms with van der Waals surface area (Å²) in [6.45, 7) is -0.0699. The lowest BCUT2D eigenvalue weighted by molar-refractivity contribution is -0.116. The molecular weight excluding hydrogens is 366 g/mol. The van der Waals surface area contributed by atoms with Gasteiger partial charge in [0, 0.05) is 20.7 Å². The van der Waals surface area contributed by atoms with Crippen LogP contribution in [0.2, 0.25) is 0 Å². The Labute approximate surface area is 157 Å². The van der Waals surface area contributed by atoms with Crippen LogP contribution in [-0.4, -0.2) is 21.7 Å². The first kappa shape index (κ1) is 16.8. The van der Waals surface area contributed by atoms with Gasteiger partial charge in [0.2, 0.25) is 5.91 Å². The van der Waals surface area contributed by atoms with E-state index in [1.807, 2.05) is 54.8 Å². The molecule has 2 aromatic heterocycles. The predicted octanol–water partition coefficient (Wildman–Crippen LogP) is 3.97. The minimum atomic E-state index is -0.257. The van der Waals surface area contributed by atoms with Crippen molar-refractivity contribution in [1.29, 1.82) is 0 Å². The highest BCUT2D eigenvalue weighted by atomic mass is 32.2. The van der Waals surface area contributed by atoms with Crippen molar-refractivity contribution in [1.82, 2.24) is 9.55 Å². The van der Waals surface area contributed by atoms with Crippen molar-refractivity contribution >= 4 is 55.0 Å². The lowest BCUT2D eigenvalue weighted by Crippen LogP contribution is -2.27. The number of carbonyl (C=O) groups excluding carboxylic acids is 1. The van der Waals surface area contributed by atoms with Gasteiger partial charge in [-0.3, -0.25) is 14.2 Å². The molecule has 0 fully saturated rings. The van der Waals surface area contributed by atoms with E-state index in [1.165, 1.54) is 22.2 Å². The number of nitrogens with one attached hydrogen (secondary N) is 1. The smallest absolute Gasteiger partial charge is 0.271 e. The second kappa shape index (κ2) is 6.93. The van der Waals surface area contributed by atoms with Crippen LogP contribution in [0, 0.1) is 0 Å². The number of nitrogens with zero attached hydrogens (tertiary/aromatic N) is 2. The maximum absolute atomic E-state index is 12.7. The van der Waals surface area contributed by atoms with Crippen LogP contribution in [-0.2, 0) is 11.3 Å². The van der Waals surface area contributed by atoms with Crippen LogP contribution < -0.4 is 10.9 Å². The molecule has 1 N–H and O–H groups in total. The molecular formula is C19H15N3O2S2. The van der Waals surface area contributed by atoms with E-state index in [9.17, 15) is 9.59 Å². The largest absolute Gasteiger partial charge is 0.324 e. The Morgan fingerprint density at radius 3 is 2.92 bits per heavy atom. The Hall–Kier alpha value is -2.64. The highest BCUT2D eigenvalue weighted by Crippen LogP contribution is 2.29. The highest BCUT2D eigenvalue weighted by Gasteiger charge is 2.13. The zero-order valence-electron chi connectivity index (χ0n) is 13.9. The first-order valence-electron chi connectivity index (χ1n) is 7.96. The molecule has 0 aliphatic rings. The molecule has 5 nitrogen and oxygen atoms in total. The summed E-state index contributed by atoms with van der Waals surface area (Å²) < 4.78 is 2.94. The number of thioether (sulfide) groups is 1. The number of amides is 1. The lowest BCUT2D eigenvalue weighted by Gasteiger charge is -2.08. The summed E-state index contributed by atoms with van der Waals surface area (Å²) in [4.78, 5) is 30.5. The topological polar surface area (TPSA) is 64.0 Å². The van der Waals surface area contributed by atoms with Gasteiger partial charge in [-0.1, -0.05) is 24.3 Å². The maximum Gasteiger partial charge on any atom is 0.271 e. The van der Waals surface area contributed by atoms with E-state index in [4.69, 9.17) is 0 Å². The van der Waals surface area contributed by atoms with Crippen LogP contribution in [0.1, 0.15) is 0 Å². The van der Waals surface area contributed by atoms with Gasteiger partial charge in [0.1, 0.15) is 11.2 Å². The van der Waals surface area contributed by atoms with E-state index in [2.05, 4.69) is 10.3 Å². The number of rotatable bonds is 4. The number of carbonyl (C=O) groups is 1. The first-order chi connectivity index (χ1) is 12.7. The van der Waals surface area contributed by atoms with Gasteiger partial charge in [-0.15, -0.1) is 23.1 Å². The van der Waals surface area contributed by atoms with Crippen LogP contribution in [0.25, 0.3) is 20.3 Å². The van der Waals surface area contributed by atoms with E-state index in [0.717, 1.165) is 15.0 Å². The third-order valence-electron chi connectivity index (χ3n) is 4.02. The van der Waals surface area contributed by atoms with Gasteiger partial charge in [0.05, 0.1) is 11.8 Å². The number of aromatic nitrogens is 2. The highest BCUT2D eigenvalue weighted by molar-refractivity contribution is 7.98. The van der Waals surface area contributed by atoms with Crippen molar-refractivity contribution in [2.45, 2.75) is 11.4 Å². The molecule has 2 aromatic carbocycles. The first-order valence-corrected chi connectivity index (χ1v) is 10.0. The maximum atomic E-state index is 12.7. The third-order valence-corrected chi connectivity index (χ3v) is 5.89. The molecule has 0 aliphatic heterocycles. The van der Waals surface area contributed by atoms with Crippen molar-refractivity contribution < 1.29 is 4.79 Å². The number of benzene rings is 2. The van der Waals surface area contributed by atoms with Crippen LogP contribution in [0.4, 0.5) is 5.69 Å². The third kappa shape index (κ3) is 3.11. The minimum Gasteiger partial charge on any atom is -0.324 e. The molecule has 0 radical (unpaired) electrons. The number of fused-ring (bicyclic) bond motifs is 3.